The van der Waals surface area contributed by atoms with Gasteiger partial charge in [-0.05, 0) is 25.0 Å². The Balaban J connectivity index is 0.000000531. The number of fused-ring (bicyclic) bond motifs is 2. The molecule has 4 aromatic heterocycles. The molecular formula is C24H22Cl3N6NaO3. The van der Waals surface area contributed by atoms with Gasteiger partial charge in [-0.3, -0.25) is 0 Å². The number of hydrogen-bond donors (Lipinski definition) is 1. The minimum atomic E-state index is -0.153. The third-order valence-corrected chi connectivity index (χ3v) is 4.74. The number of nitrogens with zero attached hydrogens (tertiary/aromatic N) is 6. The predicted molar refractivity (Wildman–Crippen MR) is 141 cm³/mol. The number of aliphatic hydroxyl groups excluding tert-OH is 1. The Labute approximate surface area is 253 Å². The Morgan fingerprint density at radius 2 is 1.43 bits per heavy atom. The maximum absolute atomic E-state index is 7.64. The molecule has 0 bridgehead atoms. The molecule has 0 aliphatic carbocycles. The maximum atomic E-state index is 7.64. The van der Waals surface area contributed by atoms with Crippen molar-refractivity contribution in [1.82, 2.24) is 29.9 Å². The van der Waals surface area contributed by atoms with Gasteiger partial charge in [0, 0.05) is 25.6 Å². The van der Waals surface area contributed by atoms with E-state index in [0.29, 0.717) is 43.4 Å². The summed E-state index contributed by atoms with van der Waals surface area (Å²) in [5.74, 6) is 4.71. The van der Waals surface area contributed by atoms with Crippen molar-refractivity contribution in [2.45, 2.75) is 12.8 Å². The van der Waals surface area contributed by atoms with Gasteiger partial charge >= 0.3 is 29.6 Å². The largest absolute Gasteiger partial charge is 1.00 e. The minimum Gasteiger partial charge on any atom is -1.00 e. The van der Waals surface area contributed by atoms with Gasteiger partial charge in [-0.25, -0.2) is 29.9 Å². The third kappa shape index (κ3) is 11.7. The molecule has 0 atom stereocenters. The molecule has 0 saturated carbocycles. The van der Waals surface area contributed by atoms with Crippen LogP contribution in [0.4, 0.5) is 0 Å². The molecule has 13 heteroatoms. The number of terminal acetylenes is 2. The van der Waals surface area contributed by atoms with E-state index in [0.717, 1.165) is 13.2 Å². The van der Waals surface area contributed by atoms with E-state index in [9.17, 15) is 0 Å². The fourth-order valence-electron chi connectivity index (χ4n) is 2.48. The standard InChI is InChI=1S/C10H6ClN3O.C7H3Cl2N3.C4H8O.C3H4O.Na.H/c1-2-5-15-8-6-13-9-7(14-8)3-4-12-10(9)11;8-5-3-11-6-4(12-5)1-2-10-7(6)9;1-2-4-5-3-1;1-2-3-4;;/h1,3-4,6H,5H2;1-3H;1-4H2;1,4H,3H2;;/q;;;;+1;-1. The number of rotatable bonds is 2. The quantitative estimate of drug-likeness (QED) is 0.217. The first-order valence-corrected chi connectivity index (χ1v) is 11.5. The van der Waals surface area contributed by atoms with Crippen molar-refractivity contribution in [3.63, 3.8) is 0 Å². The summed E-state index contributed by atoms with van der Waals surface area (Å²) in [5.41, 5.74) is 2.41. The molecule has 1 fully saturated rings. The van der Waals surface area contributed by atoms with Gasteiger partial charge in [0.15, 0.2) is 16.9 Å². The van der Waals surface area contributed by atoms with Crippen LogP contribution in [0.1, 0.15) is 14.3 Å². The van der Waals surface area contributed by atoms with Crippen LogP contribution in [0.25, 0.3) is 22.1 Å². The van der Waals surface area contributed by atoms with Crippen LogP contribution in [0, 0.1) is 24.7 Å². The summed E-state index contributed by atoms with van der Waals surface area (Å²) in [4.78, 5) is 24.0. The Hall–Kier alpha value is -2.31. The average molecular weight is 572 g/mol. The molecule has 1 N–H and O–H groups in total. The molecule has 0 amide bonds. The van der Waals surface area contributed by atoms with E-state index in [2.05, 4.69) is 42.2 Å². The molecule has 5 rings (SSSR count). The van der Waals surface area contributed by atoms with Gasteiger partial charge in [0.25, 0.3) is 0 Å². The molecule has 1 aliphatic heterocycles. The first kappa shape index (κ1) is 32.7. The predicted octanol–water partition coefficient (Wildman–Crippen LogP) is 1.55. The zero-order valence-corrected chi connectivity index (χ0v) is 24.2. The van der Waals surface area contributed by atoms with Gasteiger partial charge in [-0.15, -0.1) is 12.8 Å². The zero-order chi connectivity index (χ0) is 26.2. The minimum absolute atomic E-state index is 0. The van der Waals surface area contributed by atoms with Crippen molar-refractivity contribution in [3.05, 3.63) is 52.4 Å². The summed E-state index contributed by atoms with van der Waals surface area (Å²) >= 11 is 17.2. The summed E-state index contributed by atoms with van der Waals surface area (Å²) in [7, 11) is 0. The first-order chi connectivity index (χ1) is 17.5. The van der Waals surface area contributed by atoms with Crippen LogP contribution >= 0.6 is 34.8 Å². The number of ether oxygens (including phenoxy) is 2. The molecule has 37 heavy (non-hydrogen) atoms. The summed E-state index contributed by atoms with van der Waals surface area (Å²) in [6.45, 7) is 2.01. The van der Waals surface area contributed by atoms with Crippen LogP contribution in [-0.2, 0) is 4.74 Å². The number of aliphatic hydroxyl groups is 1. The Morgan fingerprint density at radius 3 is 1.92 bits per heavy atom. The summed E-state index contributed by atoms with van der Waals surface area (Å²) in [6.07, 6.45) is 18.2. The second-order valence-electron chi connectivity index (χ2n) is 6.51. The summed E-state index contributed by atoms with van der Waals surface area (Å²) in [5, 5.41) is 8.66. The van der Waals surface area contributed by atoms with Crippen LogP contribution in [0.3, 0.4) is 0 Å². The second-order valence-corrected chi connectivity index (χ2v) is 7.62. The second kappa shape index (κ2) is 18.9. The Morgan fingerprint density at radius 1 is 0.892 bits per heavy atom. The van der Waals surface area contributed by atoms with E-state index in [1.54, 1.807) is 24.5 Å². The van der Waals surface area contributed by atoms with Gasteiger partial charge in [-0.2, -0.15) is 0 Å². The van der Waals surface area contributed by atoms with Gasteiger partial charge < -0.3 is 16.0 Å². The number of pyridine rings is 2. The van der Waals surface area contributed by atoms with E-state index < -0.39 is 0 Å². The maximum Gasteiger partial charge on any atom is 1.00 e. The molecule has 4 aromatic rings. The van der Waals surface area contributed by atoms with Crippen molar-refractivity contribution in [3.8, 4) is 30.6 Å². The van der Waals surface area contributed by atoms with E-state index in [-0.39, 0.29) is 44.2 Å². The fourth-order valence-corrected chi connectivity index (χ4v) is 3.03. The first-order valence-electron chi connectivity index (χ1n) is 10.4. The topological polar surface area (TPSA) is 116 Å². The van der Waals surface area contributed by atoms with E-state index >= 15 is 0 Å². The molecule has 0 spiro atoms. The van der Waals surface area contributed by atoms with Gasteiger partial charge in [0.2, 0.25) is 5.88 Å². The summed E-state index contributed by atoms with van der Waals surface area (Å²) in [6, 6.07) is 3.41. The van der Waals surface area contributed by atoms with E-state index in [1.807, 2.05) is 5.92 Å². The fraction of sp³-hybridized carbons (Fsp3) is 0.250. The van der Waals surface area contributed by atoms with Crippen LogP contribution in [0.2, 0.25) is 15.5 Å². The Kier molecular flexibility index (Phi) is 16.7. The molecule has 188 valence electrons. The number of halogens is 3. The van der Waals surface area contributed by atoms with Crippen LogP contribution in [-0.4, -0.2) is 61.4 Å². The molecule has 9 nitrogen and oxygen atoms in total. The SMILES string of the molecule is C#CCO.C#CCOc1cnc2c(Cl)nccc2n1.C1CCOC1.Clc1cnc2c(Cl)nccc2n1.[H-].[Na+]. The van der Waals surface area contributed by atoms with E-state index in [1.165, 1.54) is 25.2 Å². The van der Waals surface area contributed by atoms with Crippen molar-refractivity contribution >= 4 is 56.9 Å². The molecular weight excluding hydrogens is 550 g/mol. The molecule has 1 aliphatic rings. The van der Waals surface area contributed by atoms with Gasteiger partial charge in [0.05, 0.1) is 23.4 Å². The smallest absolute Gasteiger partial charge is 1.00 e. The van der Waals surface area contributed by atoms with Gasteiger partial charge in [-0.1, -0.05) is 46.6 Å². The van der Waals surface area contributed by atoms with Crippen molar-refractivity contribution in [1.29, 1.82) is 0 Å². The number of hydrogen-bond acceptors (Lipinski definition) is 9. The van der Waals surface area contributed by atoms with Crippen molar-refractivity contribution < 1.29 is 45.6 Å². The molecule has 1 saturated heterocycles. The van der Waals surface area contributed by atoms with Crippen LogP contribution in [0.5, 0.6) is 5.88 Å². The molecule has 5 heterocycles. The zero-order valence-electron chi connectivity index (χ0n) is 20.9. The summed E-state index contributed by atoms with van der Waals surface area (Å²) < 4.78 is 10.1. The van der Waals surface area contributed by atoms with Crippen LogP contribution < -0.4 is 34.3 Å². The van der Waals surface area contributed by atoms with Crippen molar-refractivity contribution in [2.75, 3.05) is 26.4 Å². The van der Waals surface area contributed by atoms with Crippen LogP contribution in [0.15, 0.2) is 36.9 Å². The number of aromatic nitrogens is 6. The molecule has 0 radical (unpaired) electrons. The molecule has 0 unspecified atom stereocenters. The van der Waals surface area contributed by atoms with Gasteiger partial charge in [0.1, 0.15) is 22.8 Å². The van der Waals surface area contributed by atoms with E-state index in [4.69, 9.17) is 55.8 Å². The monoisotopic (exact) mass is 570 g/mol. The van der Waals surface area contributed by atoms with Crippen molar-refractivity contribution in [2.24, 2.45) is 0 Å². The normalized spacial score (nSPS) is 11.2. The molecule has 0 aromatic carbocycles. The third-order valence-electron chi connectivity index (χ3n) is 4.00. The average Bonchev–Trinajstić information content (AvgIpc) is 3.49. The Bertz CT molecular complexity index is 1350.